The summed E-state index contributed by atoms with van der Waals surface area (Å²) < 4.78 is 12.8. The summed E-state index contributed by atoms with van der Waals surface area (Å²) in [5, 5.41) is 95.3. The maximum atomic E-state index is 10.1. The Balaban J connectivity index is 0. The maximum absolute atomic E-state index is 10.1. The van der Waals surface area contributed by atoms with Gasteiger partial charge in [-0.3, -0.25) is 0 Å². The predicted molar refractivity (Wildman–Crippen MR) is 78.1 cm³/mol. The zero-order valence-electron chi connectivity index (χ0n) is 14.0. The van der Waals surface area contributed by atoms with Crippen molar-refractivity contribution in [1.29, 1.82) is 0 Å². The van der Waals surface area contributed by atoms with E-state index in [1.54, 1.807) is 0 Å². The molecule has 1 aliphatic heterocycles. The fraction of sp³-hybridized carbons (Fsp3) is 1.00. The van der Waals surface area contributed by atoms with Gasteiger partial charge in [0.15, 0.2) is 0 Å². The van der Waals surface area contributed by atoms with Gasteiger partial charge in [-0.1, -0.05) is 0 Å². The van der Waals surface area contributed by atoms with Crippen LogP contribution in [0.25, 0.3) is 0 Å². The molecule has 14 N–H and O–H groups in total. The van der Waals surface area contributed by atoms with Crippen LogP contribution in [0.5, 0.6) is 0 Å². The number of hydrogen-bond donors (Lipinski definition) is 10. The van der Waals surface area contributed by atoms with Gasteiger partial charge in [0.25, 0.3) is 0 Å². The molecule has 0 spiro atoms. The third kappa shape index (κ3) is 5.73. The summed E-state index contributed by atoms with van der Waals surface area (Å²) in [6.45, 7) is -1.85. The van der Waals surface area contributed by atoms with E-state index in [0.29, 0.717) is 0 Å². The van der Waals surface area contributed by atoms with Crippen molar-refractivity contribution in [2.45, 2.75) is 61.0 Å². The van der Waals surface area contributed by atoms with Crippen LogP contribution < -0.4 is 0 Å². The Kier molecular flexibility index (Phi) is 11.0. The monoisotopic (exact) mass is 381 g/mol. The molecule has 0 aromatic heterocycles. The van der Waals surface area contributed by atoms with Crippen LogP contribution in [0.3, 0.4) is 0 Å². The molecule has 1 aliphatic rings. The Morgan fingerprint density at radius 2 is 1.32 bits per heavy atom. The maximum Gasteiger partial charge on any atom is 0.115 e. The topological polar surface area (TPSA) is 275 Å². The van der Waals surface area contributed by atoms with E-state index in [2.05, 4.69) is 0 Å². The van der Waals surface area contributed by atoms with E-state index in [1.807, 2.05) is 0 Å². The standard InChI is InChI=1S/C12H24O11.2H2O/c13-1-3(15)5(16)7(18)9(20)11(22)12-10(21)8(19)6(17)4(2-14)23-12;;/h3-22H,1-2H2;2*1H2/t3-,4-,5-,6-,7+,8+,9+,10-,11?,12?;;/m1../s1/i12D;;. The van der Waals surface area contributed by atoms with E-state index in [9.17, 15) is 40.9 Å². The molecule has 1 saturated heterocycles. The first kappa shape index (κ1) is 24.5. The lowest BCUT2D eigenvalue weighted by atomic mass is 9.88. The molecule has 0 saturated carbocycles. The first-order valence-corrected chi connectivity index (χ1v) is 6.87. The first-order chi connectivity index (χ1) is 11.0. The van der Waals surface area contributed by atoms with Crippen LogP contribution in [-0.2, 0) is 4.74 Å². The first-order valence-electron chi connectivity index (χ1n) is 7.37. The lowest BCUT2D eigenvalue weighted by Gasteiger charge is -2.43. The van der Waals surface area contributed by atoms with Gasteiger partial charge in [-0.2, -0.15) is 0 Å². The normalized spacial score (nSPS) is 39.0. The smallest absolute Gasteiger partial charge is 0.115 e. The number of rotatable bonds is 7. The SMILES string of the molecule is O.O.[2H]C1(C(O)[C@@H](O)[C@@H](O)[C@H](O)[C@H](O)CO)O[C@H](CO)[C@@H](O)[C@H](O)[C@H]1O. The van der Waals surface area contributed by atoms with Crippen molar-refractivity contribution in [1.82, 2.24) is 0 Å². The molecule has 0 aromatic rings. The zero-order chi connectivity index (χ0) is 18.8. The fourth-order valence-corrected chi connectivity index (χ4v) is 2.17. The van der Waals surface area contributed by atoms with Gasteiger partial charge in [-0.05, 0) is 0 Å². The van der Waals surface area contributed by atoms with Gasteiger partial charge in [0.1, 0.15) is 61.0 Å². The fourth-order valence-electron chi connectivity index (χ4n) is 2.17. The summed E-state index contributed by atoms with van der Waals surface area (Å²) in [5.41, 5.74) is 0. The Bertz CT molecular complexity index is 401. The second-order valence-corrected chi connectivity index (χ2v) is 5.33. The van der Waals surface area contributed by atoms with Crippen molar-refractivity contribution < 1.29 is 68.1 Å². The van der Waals surface area contributed by atoms with Gasteiger partial charge in [0, 0.05) is 0 Å². The summed E-state index contributed by atoms with van der Waals surface area (Å²) in [7, 11) is 0. The lowest BCUT2D eigenvalue weighted by Crippen LogP contribution is -2.64. The van der Waals surface area contributed by atoms with Crippen molar-refractivity contribution in [2.24, 2.45) is 0 Å². The molecule has 2 unspecified atom stereocenters. The van der Waals surface area contributed by atoms with E-state index in [4.69, 9.17) is 16.3 Å². The van der Waals surface area contributed by atoms with Crippen molar-refractivity contribution in [2.75, 3.05) is 13.2 Å². The largest absolute Gasteiger partial charge is 0.412 e. The van der Waals surface area contributed by atoms with Gasteiger partial charge in [-0.25, -0.2) is 0 Å². The Morgan fingerprint density at radius 3 is 1.76 bits per heavy atom. The molecular weight excluding hydrogens is 352 g/mol. The van der Waals surface area contributed by atoms with Crippen molar-refractivity contribution in [3.05, 3.63) is 0 Å². The van der Waals surface area contributed by atoms with Crippen molar-refractivity contribution in [3.8, 4) is 0 Å². The minimum atomic E-state index is -2.88. The molecule has 0 amide bonds. The van der Waals surface area contributed by atoms with Gasteiger partial charge < -0.3 is 66.8 Å². The summed E-state index contributed by atoms with van der Waals surface area (Å²) in [4.78, 5) is 0. The van der Waals surface area contributed by atoms with Crippen molar-refractivity contribution >= 4 is 0 Å². The van der Waals surface area contributed by atoms with E-state index in [1.165, 1.54) is 0 Å². The molecule has 0 aromatic carbocycles. The minimum Gasteiger partial charge on any atom is -0.412 e. The Morgan fingerprint density at radius 1 is 0.800 bits per heavy atom. The molecule has 13 nitrogen and oxygen atoms in total. The molecule has 13 heteroatoms. The van der Waals surface area contributed by atoms with Gasteiger partial charge in [0.2, 0.25) is 0 Å². The molecule has 1 fully saturated rings. The average molecular weight is 381 g/mol. The predicted octanol–water partition coefficient (Wildman–Crippen LogP) is -8.02. The lowest BCUT2D eigenvalue weighted by molar-refractivity contribution is -0.264. The van der Waals surface area contributed by atoms with Crippen LogP contribution >= 0.6 is 0 Å². The highest BCUT2D eigenvalue weighted by Gasteiger charge is 2.49. The van der Waals surface area contributed by atoms with Crippen LogP contribution in [0, 0.1) is 0 Å². The van der Waals surface area contributed by atoms with Crippen LogP contribution in [0.2, 0.25) is 0 Å². The molecule has 0 aliphatic carbocycles. The van der Waals surface area contributed by atoms with Crippen LogP contribution in [0.4, 0.5) is 0 Å². The molecule has 25 heavy (non-hydrogen) atoms. The molecule has 0 bridgehead atoms. The molecular formula is C12H28O13. The summed E-state index contributed by atoms with van der Waals surface area (Å²) in [6.07, 6.45) is -21.5. The number of aliphatic hydroxyl groups excluding tert-OH is 10. The molecule has 1 heterocycles. The van der Waals surface area contributed by atoms with Crippen LogP contribution in [-0.4, -0.2) is 136 Å². The molecule has 154 valence electrons. The number of hydrogen-bond acceptors (Lipinski definition) is 11. The van der Waals surface area contributed by atoms with Gasteiger partial charge in [0.05, 0.1) is 14.6 Å². The Hall–Kier alpha value is -0.520. The van der Waals surface area contributed by atoms with Gasteiger partial charge >= 0.3 is 0 Å². The van der Waals surface area contributed by atoms with E-state index in [0.717, 1.165) is 0 Å². The third-order valence-electron chi connectivity index (χ3n) is 3.71. The van der Waals surface area contributed by atoms with E-state index >= 15 is 0 Å². The highest BCUT2D eigenvalue weighted by Crippen LogP contribution is 2.25. The number of aliphatic hydroxyl groups is 10. The molecule has 10 atom stereocenters. The number of ether oxygens (including phenoxy) is 1. The molecule has 1 rings (SSSR count). The van der Waals surface area contributed by atoms with E-state index < -0.39 is 74.2 Å². The second-order valence-electron chi connectivity index (χ2n) is 5.33. The quantitative estimate of drug-likeness (QED) is 0.197. The minimum absolute atomic E-state index is 0. The van der Waals surface area contributed by atoms with Gasteiger partial charge in [-0.15, -0.1) is 0 Å². The second kappa shape index (κ2) is 11.2. The highest BCUT2D eigenvalue weighted by atomic mass is 16.6. The average Bonchev–Trinajstić information content (AvgIpc) is 2.59. The molecule has 0 radical (unpaired) electrons. The summed E-state index contributed by atoms with van der Waals surface area (Å²) in [5.74, 6) is 0. The zero-order valence-corrected chi connectivity index (χ0v) is 13.0. The van der Waals surface area contributed by atoms with Crippen molar-refractivity contribution in [3.63, 3.8) is 0 Å². The van der Waals surface area contributed by atoms with Crippen LogP contribution in [0.15, 0.2) is 0 Å². The third-order valence-corrected chi connectivity index (χ3v) is 3.71. The Labute approximate surface area is 143 Å². The van der Waals surface area contributed by atoms with E-state index in [-0.39, 0.29) is 11.0 Å². The van der Waals surface area contributed by atoms with Crippen LogP contribution in [0.1, 0.15) is 1.37 Å². The summed E-state index contributed by atoms with van der Waals surface area (Å²) in [6, 6.07) is 0. The highest BCUT2D eigenvalue weighted by molar-refractivity contribution is 4.98. The summed E-state index contributed by atoms with van der Waals surface area (Å²) >= 11 is 0.